The first kappa shape index (κ1) is 16.6. The van der Waals surface area contributed by atoms with Crippen LogP contribution in [0.4, 0.5) is 4.79 Å². The molecular formula is C17H32N2O2. The van der Waals surface area contributed by atoms with E-state index in [4.69, 9.17) is 4.74 Å². The molecule has 2 rings (SSSR count). The van der Waals surface area contributed by atoms with Gasteiger partial charge in [0.2, 0.25) is 0 Å². The Morgan fingerprint density at radius 1 is 1.29 bits per heavy atom. The summed E-state index contributed by atoms with van der Waals surface area (Å²) < 4.78 is 5.49. The highest BCUT2D eigenvalue weighted by atomic mass is 16.6. The van der Waals surface area contributed by atoms with Crippen LogP contribution in [0.15, 0.2) is 0 Å². The van der Waals surface area contributed by atoms with Crippen molar-refractivity contribution >= 4 is 6.09 Å². The average Bonchev–Trinajstić information content (AvgIpc) is 2.93. The fourth-order valence-corrected chi connectivity index (χ4v) is 3.75. The van der Waals surface area contributed by atoms with Gasteiger partial charge in [0, 0.05) is 25.2 Å². The normalized spacial score (nSPS) is 28.2. The van der Waals surface area contributed by atoms with Gasteiger partial charge in [0.15, 0.2) is 0 Å². The molecule has 2 saturated carbocycles. The molecule has 2 aliphatic carbocycles. The van der Waals surface area contributed by atoms with Gasteiger partial charge in [0.05, 0.1) is 0 Å². The first-order chi connectivity index (χ1) is 9.76. The lowest BCUT2D eigenvalue weighted by molar-refractivity contribution is 0.0191. The smallest absolute Gasteiger partial charge is 0.410 e. The fraction of sp³-hybridized carbons (Fsp3) is 0.941. The van der Waals surface area contributed by atoms with Crippen molar-refractivity contribution in [2.24, 2.45) is 11.8 Å². The van der Waals surface area contributed by atoms with Gasteiger partial charge in [-0.05, 0) is 65.7 Å². The fourth-order valence-electron chi connectivity index (χ4n) is 3.75. The summed E-state index contributed by atoms with van der Waals surface area (Å²) >= 11 is 0. The van der Waals surface area contributed by atoms with E-state index in [1.807, 2.05) is 39.5 Å². The average molecular weight is 296 g/mol. The number of ether oxygens (including phenoxy) is 1. The number of amides is 1. The first-order valence-corrected chi connectivity index (χ1v) is 8.49. The zero-order valence-corrected chi connectivity index (χ0v) is 14.3. The Morgan fingerprint density at radius 2 is 2.00 bits per heavy atom. The summed E-state index contributed by atoms with van der Waals surface area (Å²) in [6.45, 7) is 11.4. The standard InChI is InChI=1S/C17H32N2O2/c1-12(2)19(16(20)21-17(3,4)5)9-8-18-15-11-13-6-7-14(15)10-13/h12-15,18H,6-11H2,1-5H3. The summed E-state index contributed by atoms with van der Waals surface area (Å²) in [5.74, 6) is 1.84. The van der Waals surface area contributed by atoms with Crippen LogP contribution in [0, 0.1) is 11.8 Å². The molecule has 0 radical (unpaired) electrons. The van der Waals surface area contributed by atoms with Crippen molar-refractivity contribution in [1.29, 1.82) is 0 Å². The van der Waals surface area contributed by atoms with Gasteiger partial charge in [0.1, 0.15) is 5.60 Å². The molecule has 4 heteroatoms. The molecule has 2 aliphatic rings. The molecule has 4 nitrogen and oxygen atoms in total. The Hall–Kier alpha value is -0.770. The lowest BCUT2D eigenvalue weighted by atomic mass is 9.95. The van der Waals surface area contributed by atoms with Gasteiger partial charge in [-0.2, -0.15) is 0 Å². The van der Waals surface area contributed by atoms with Crippen LogP contribution in [-0.4, -0.2) is 41.8 Å². The highest BCUT2D eigenvalue weighted by Gasteiger charge is 2.39. The quantitative estimate of drug-likeness (QED) is 0.845. The van der Waals surface area contributed by atoms with Crippen LogP contribution >= 0.6 is 0 Å². The number of nitrogens with zero attached hydrogens (tertiary/aromatic N) is 1. The predicted octanol–water partition coefficient (Wildman–Crippen LogP) is 3.41. The van der Waals surface area contributed by atoms with Crippen molar-refractivity contribution in [3.63, 3.8) is 0 Å². The monoisotopic (exact) mass is 296 g/mol. The molecule has 0 aromatic rings. The maximum Gasteiger partial charge on any atom is 0.410 e. The largest absolute Gasteiger partial charge is 0.444 e. The number of carbonyl (C=O) groups is 1. The zero-order valence-electron chi connectivity index (χ0n) is 14.3. The van der Waals surface area contributed by atoms with E-state index in [-0.39, 0.29) is 12.1 Å². The molecule has 21 heavy (non-hydrogen) atoms. The Bertz CT molecular complexity index is 362. The van der Waals surface area contributed by atoms with Gasteiger partial charge in [-0.15, -0.1) is 0 Å². The number of rotatable bonds is 5. The Balaban J connectivity index is 1.76. The highest BCUT2D eigenvalue weighted by Crippen LogP contribution is 2.44. The number of carbonyl (C=O) groups excluding carboxylic acids is 1. The van der Waals surface area contributed by atoms with Crippen LogP contribution in [-0.2, 0) is 4.74 Å². The maximum absolute atomic E-state index is 12.2. The van der Waals surface area contributed by atoms with E-state index in [9.17, 15) is 4.79 Å². The molecule has 3 unspecified atom stereocenters. The first-order valence-electron chi connectivity index (χ1n) is 8.49. The van der Waals surface area contributed by atoms with Gasteiger partial charge in [0.25, 0.3) is 0 Å². The van der Waals surface area contributed by atoms with Crippen molar-refractivity contribution in [3.8, 4) is 0 Å². The summed E-state index contributed by atoms with van der Waals surface area (Å²) in [7, 11) is 0. The van der Waals surface area contributed by atoms with Crippen molar-refractivity contribution in [2.75, 3.05) is 13.1 Å². The molecule has 2 bridgehead atoms. The molecule has 0 saturated heterocycles. The maximum atomic E-state index is 12.2. The van der Waals surface area contributed by atoms with Crippen LogP contribution < -0.4 is 5.32 Å². The predicted molar refractivity (Wildman–Crippen MR) is 85.3 cm³/mol. The molecule has 122 valence electrons. The van der Waals surface area contributed by atoms with Crippen molar-refractivity contribution in [2.45, 2.75) is 78.0 Å². The Morgan fingerprint density at radius 3 is 2.48 bits per heavy atom. The lowest BCUT2D eigenvalue weighted by Crippen LogP contribution is -2.46. The molecule has 3 atom stereocenters. The summed E-state index contributed by atoms with van der Waals surface area (Å²) in [6, 6.07) is 0.845. The van der Waals surface area contributed by atoms with Crippen molar-refractivity contribution in [3.05, 3.63) is 0 Å². The molecule has 0 aromatic heterocycles. The summed E-state index contributed by atoms with van der Waals surface area (Å²) in [5.41, 5.74) is -0.428. The van der Waals surface area contributed by atoms with Crippen LogP contribution in [0.5, 0.6) is 0 Å². The third-order valence-corrected chi connectivity index (χ3v) is 4.75. The van der Waals surface area contributed by atoms with Crippen LogP contribution in [0.1, 0.15) is 60.3 Å². The van der Waals surface area contributed by atoms with E-state index in [2.05, 4.69) is 5.32 Å². The zero-order chi connectivity index (χ0) is 15.6. The Kier molecular flexibility index (Phi) is 5.18. The van der Waals surface area contributed by atoms with Crippen LogP contribution in [0.3, 0.4) is 0 Å². The van der Waals surface area contributed by atoms with Crippen LogP contribution in [0.25, 0.3) is 0 Å². The number of hydrogen-bond donors (Lipinski definition) is 1. The minimum Gasteiger partial charge on any atom is -0.444 e. The SMILES string of the molecule is CC(C)N(CCNC1CC2CCC1C2)C(=O)OC(C)(C)C. The molecular weight excluding hydrogens is 264 g/mol. The van der Waals surface area contributed by atoms with E-state index in [0.29, 0.717) is 6.04 Å². The second-order valence-corrected chi connectivity index (χ2v) is 8.00. The number of fused-ring (bicyclic) bond motifs is 2. The second kappa shape index (κ2) is 6.55. The van der Waals surface area contributed by atoms with E-state index in [1.54, 1.807) is 0 Å². The summed E-state index contributed by atoms with van der Waals surface area (Å²) in [5, 5.41) is 3.67. The van der Waals surface area contributed by atoms with E-state index in [0.717, 1.165) is 24.9 Å². The topological polar surface area (TPSA) is 41.6 Å². The molecule has 0 spiro atoms. The van der Waals surface area contributed by atoms with Gasteiger partial charge in [-0.3, -0.25) is 0 Å². The van der Waals surface area contributed by atoms with Crippen molar-refractivity contribution < 1.29 is 9.53 Å². The molecule has 0 aromatic carbocycles. The second-order valence-electron chi connectivity index (χ2n) is 8.00. The summed E-state index contributed by atoms with van der Waals surface area (Å²) in [4.78, 5) is 14.1. The summed E-state index contributed by atoms with van der Waals surface area (Å²) in [6.07, 6.45) is 5.37. The van der Waals surface area contributed by atoms with Crippen molar-refractivity contribution in [1.82, 2.24) is 10.2 Å². The molecule has 2 fully saturated rings. The third kappa shape index (κ3) is 4.60. The van der Waals surface area contributed by atoms with Gasteiger partial charge in [-0.1, -0.05) is 6.42 Å². The van der Waals surface area contributed by atoms with E-state index >= 15 is 0 Å². The van der Waals surface area contributed by atoms with Gasteiger partial charge >= 0.3 is 6.09 Å². The third-order valence-electron chi connectivity index (χ3n) is 4.75. The minimum atomic E-state index is -0.428. The van der Waals surface area contributed by atoms with Gasteiger partial charge in [-0.25, -0.2) is 4.79 Å². The number of nitrogens with one attached hydrogen (secondary N) is 1. The molecule has 0 heterocycles. The van der Waals surface area contributed by atoms with E-state index < -0.39 is 5.60 Å². The molecule has 1 amide bonds. The van der Waals surface area contributed by atoms with Crippen LogP contribution in [0.2, 0.25) is 0 Å². The lowest BCUT2D eigenvalue weighted by Gasteiger charge is -2.31. The Labute approximate surface area is 129 Å². The minimum absolute atomic E-state index is 0.168. The molecule has 1 N–H and O–H groups in total. The highest BCUT2D eigenvalue weighted by molar-refractivity contribution is 5.68. The van der Waals surface area contributed by atoms with Gasteiger partial charge < -0.3 is 15.0 Å². The number of hydrogen-bond acceptors (Lipinski definition) is 3. The molecule has 0 aliphatic heterocycles. The van der Waals surface area contributed by atoms with E-state index in [1.165, 1.54) is 25.7 Å².